The second-order valence-electron chi connectivity index (χ2n) is 15.5. The van der Waals surface area contributed by atoms with Gasteiger partial charge in [0.1, 0.15) is 24.7 Å². The van der Waals surface area contributed by atoms with Crippen LogP contribution < -0.4 is 10.1 Å². The van der Waals surface area contributed by atoms with Gasteiger partial charge in [-0.25, -0.2) is 0 Å². The van der Waals surface area contributed by atoms with Gasteiger partial charge in [-0.15, -0.1) is 0 Å². The number of hydrogen-bond donors (Lipinski definition) is 3. The number of ketones is 1. The Balaban J connectivity index is 0.940. The van der Waals surface area contributed by atoms with Crippen LogP contribution in [0.1, 0.15) is 108 Å². The molecule has 54 heavy (non-hydrogen) atoms. The van der Waals surface area contributed by atoms with Crippen molar-refractivity contribution in [2.24, 2.45) is 11.8 Å². The van der Waals surface area contributed by atoms with E-state index in [0.29, 0.717) is 57.6 Å². The molecule has 3 N–H and O–H groups in total. The van der Waals surface area contributed by atoms with Gasteiger partial charge >= 0.3 is 5.97 Å². The number of fused-ring (bicyclic) bond motifs is 1. The molecule has 5 rings (SSSR count). The predicted molar refractivity (Wildman–Crippen MR) is 216 cm³/mol. The molecule has 1 aliphatic carbocycles. The van der Waals surface area contributed by atoms with Gasteiger partial charge in [0.05, 0.1) is 12.2 Å². The highest BCUT2D eigenvalue weighted by atomic mass is 16.6. The number of benzene rings is 2. The molecule has 1 saturated heterocycles. The molecule has 2 heterocycles. The number of likely N-dealkylation sites (tertiary alicyclic amines) is 1. The highest BCUT2D eigenvalue weighted by Gasteiger charge is 2.40. The normalized spacial score (nSPS) is 21.6. The molecule has 294 valence electrons. The van der Waals surface area contributed by atoms with Crippen molar-refractivity contribution < 1.29 is 29.3 Å². The number of carbonyl (C=O) groups excluding carboxylic acids is 2. The Labute approximate surface area is 322 Å². The molecule has 1 aromatic heterocycles. The molecule has 5 atom stereocenters. The first-order valence-corrected chi connectivity index (χ1v) is 20.5. The van der Waals surface area contributed by atoms with E-state index >= 15 is 0 Å². The van der Waals surface area contributed by atoms with Gasteiger partial charge < -0.3 is 25.0 Å². The largest absolute Gasteiger partial charge is 0.490 e. The molecule has 0 spiro atoms. The van der Waals surface area contributed by atoms with E-state index in [-0.39, 0.29) is 30.2 Å². The lowest BCUT2D eigenvalue weighted by atomic mass is 9.86. The highest BCUT2D eigenvalue weighted by molar-refractivity contribution is 5.93. The third kappa shape index (κ3) is 12.9. The fourth-order valence-corrected chi connectivity index (χ4v) is 8.12. The SMILES string of the molecule is CCCCCCCC(=O)CC[C@@H]1[C@@H](CC=CCCCC(=O)OCCOc2cc(CN3CC[C@@H](Nc4cccc5cnccc45)C3)ccc2C)[C@@H](O)C[C@H]1O. The maximum atomic E-state index is 12.4. The zero-order chi connectivity index (χ0) is 38.1. The molecule has 0 amide bonds. The van der Waals surface area contributed by atoms with Crippen LogP contribution in [0, 0.1) is 18.8 Å². The first-order valence-electron chi connectivity index (χ1n) is 20.5. The number of nitrogens with one attached hydrogen (secondary N) is 1. The molecule has 2 aliphatic rings. The zero-order valence-electron chi connectivity index (χ0n) is 32.6. The Kier molecular flexibility index (Phi) is 16.8. The minimum absolute atomic E-state index is 0.0441. The van der Waals surface area contributed by atoms with Crippen molar-refractivity contribution in [2.75, 3.05) is 31.6 Å². The summed E-state index contributed by atoms with van der Waals surface area (Å²) in [6.45, 7) is 7.55. The highest BCUT2D eigenvalue weighted by Crippen LogP contribution is 2.38. The van der Waals surface area contributed by atoms with Gasteiger partial charge in [0.25, 0.3) is 0 Å². The Morgan fingerprint density at radius 1 is 0.963 bits per heavy atom. The average molecular weight is 742 g/mol. The van der Waals surface area contributed by atoms with Gasteiger partial charge in [0, 0.05) is 73.8 Å². The molecule has 9 nitrogen and oxygen atoms in total. The number of rotatable bonds is 23. The molecular formula is C45H63N3O6. The minimum atomic E-state index is -0.561. The lowest BCUT2D eigenvalue weighted by molar-refractivity contribution is -0.144. The molecule has 0 unspecified atom stereocenters. The Hall–Kier alpha value is -3.79. The summed E-state index contributed by atoms with van der Waals surface area (Å²) in [4.78, 5) is 31.5. The Morgan fingerprint density at radius 2 is 1.81 bits per heavy atom. The van der Waals surface area contributed by atoms with Gasteiger partial charge in [-0.2, -0.15) is 0 Å². The average Bonchev–Trinajstić information content (AvgIpc) is 3.72. The lowest BCUT2D eigenvalue weighted by Gasteiger charge is -2.22. The summed E-state index contributed by atoms with van der Waals surface area (Å²) in [5, 5.41) is 27.2. The number of aromatic nitrogens is 1. The van der Waals surface area contributed by atoms with Crippen molar-refractivity contribution >= 4 is 28.2 Å². The second-order valence-corrected chi connectivity index (χ2v) is 15.5. The zero-order valence-corrected chi connectivity index (χ0v) is 32.6. The summed E-state index contributed by atoms with van der Waals surface area (Å²) in [6, 6.07) is 15.1. The van der Waals surface area contributed by atoms with E-state index in [1.54, 1.807) is 0 Å². The third-order valence-corrected chi connectivity index (χ3v) is 11.2. The number of aryl methyl sites for hydroxylation is 1. The van der Waals surface area contributed by atoms with E-state index in [1.165, 1.54) is 30.2 Å². The molecule has 1 aliphatic heterocycles. The summed E-state index contributed by atoms with van der Waals surface area (Å²) in [5.74, 6) is 0.747. The molecule has 0 radical (unpaired) electrons. The molecule has 2 aromatic carbocycles. The molecule has 9 heteroatoms. The monoisotopic (exact) mass is 741 g/mol. The quantitative estimate of drug-likeness (QED) is 0.0501. The molecule has 3 aromatic rings. The number of anilines is 1. The fraction of sp³-hybridized carbons (Fsp3) is 0.578. The Morgan fingerprint density at radius 3 is 2.69 bits per heavy atom. The molecule has 0 bridgehead atoms. The van der Waals surface area contributed by atoms with Crippen LogP contribution in [0.25, 0.3) is 10.8 Å². The van der Waals surface area contributed by atoms with Gasteiger partial charge in [0.2, 0.25) is 0 Å². The molecule has 2 fully saturated rings. The van der Waals surface area contributed by atoms with Crippen molar-refractivity contribution in [1.82, 2.24) is 9.88 Å². The third-order valence-electron chi connectivity index (χ3n) is 11.2. The second kappa shape index (κ2) is 21.9. The van der Waals surface area contributed by atoms with E-state index < -0.39 is 12.2 Å². The molecular weight excluding hydrogens is 679 g/mol. The van der Waals surface area contributed by atoms with Crippen molar-refractivity contribution in [1.29, 1.82) is 0 Å². The minimum Gasteiger partial charge on any atom is -0.490 e. The summed E-state index contributed by atoms with van der Waals surface area (Å²) in [6.07, 6.45) is 18.0. The number of aliphatic hydroxyl groups excluding tert-OH is 2. The van der Waals surface area contributed by atoms with Crippen LogP contribution in [0.2, 0.25) is 0 Å². The number of aliphatic hydroxyl groups is 2. The van der Waals surface area contributed by atoms with Crippen molar-refractivity contribution in [2.45, 2.75) is 129 Å². The van der Waals surface area contributed by atoms with Gasteiger partial charge in [0.15, 0.2) is 0 Å². The topological polar surface area (TPSA) is 121 Å². The van der Waals surface area contributed by atoms with Crippen LogP contribution in [0.5, 0.6) is 5.75 Å². The maximum Gasteiger partial charge on any atom is 0.305 e. The number of esters is 1. The lowest BCUT2D eigenvalue weighted by Crippen LogP contribution is -2.26. The number of ether oxygens (including phenoxy) is 2. The van der Waals surface area contributed by atoms with Crippen LogP contribution in [0.3, 0.4) is 0 Å². The summed E-state index contributed by atoms with van der Waals surface area (Å²) >= 11 is 0. The van der Waals surface area contributed by atoms with E-state index in [1.807, 2.05) is 31.5 Å². The van der Waals surface area contributed by atoms with E-state index in [4.69, 9.17) is 9.47 Å². The number of nitrogens with zero attached hydrogens (tertiary/aromatic N) is 2. The van der Waals surface area contributed by atoms with Crippen LogP contribution in [0.15, 0.2) is 67.0 Å². The number of Topliss-reactive ketones (excluding diaryl/α,β-unsaturated/α-hetero) is 1. The fourth-order valence-electron chi connectivity index (χ4n) is 8.12. The van der Waals surface area contributed by atoms with Gasteiger partial charge in [-0.1, -0.05) is 69.0 Å². The van der Waals surface area contributed by atoms with E-state index in [0.717, 1.165) is 67.7 Å². The van der Waals surface area contributed by atoms with Crippen LogP contribution in [-0.2, 0) is 20.9 Å². The van der Waals surface area contributed by atoms with Crippen LogP contribution in [0.4, 0.5) is 5.69 Å². The maximum absolute atomic E-state index is 12.4. The number of carbonyl (C=O) groups is 2. The predicted octanol–water partition coefficient (Wildman–Crippen LogP) is 8.34. The number of allylic oxidation sites excluding steroid dienone is 2. The number of hydrogen-bond acceptors (Lipinski definition) is 9. The standard InChI is InChI=1S/C45H63N3O6/c1-3-4-5-6-9-14-37(49)20-21-40-39(42(50)29-43(40)51)15-10-7-8-11-17-45(52)54-27-26-53-44-28-34(19-18-33(44)2)31-48-25-23-36(32-48)47-41-16-12-13-35-30-46-24-22-38(35)41/h7,10,12-13,16,18-19,22,24,28,30,36,39-40,42-43,47,50-51H,3-6,8-9,11,14-15,17,20-21,23,25-27,29,31-32H2,1-2H3/t36-,39-,40-,42+,43-/m1/s1. The summed E-state index contributed by atoms with van der Waals surface area (Å²) in [5.41, 5.74) is 3.41. The first kappa shape index (κ1) is 41.4. The number of unbranched alkanes of at least 4 members (excludes halogenated alkanes) is 5. The number of pyridine rings is 1. The van der Waals surface area contributed by atoms with Gasteiger partial charge in [-0.05, 0) is 93.0 Å². The summed E-state index contributed by atoms with van der Waals surface area (Å²) in [7, 11) is 0. The first-order chi connectivity index (χ1) is 26.3. The van der Waals surface area contributed by atoms with Crippen molar-refractivity contribution in [3.63, 3.8) is 0 Å². The molecule has 1 saturated carbocycles. The Bertz CT molecular complexity index is 1640. The van der Waals surface area contributed by atoms with E-state index in [9.17, 15) is 19.8 Å². The van der Waals surface area contributed by atoms with E-state index in [2.05, 4.69) is 64.6 Å². The summed E-state index contributed by atoms with van der Waals surface area (Å²) < 4.78 is 11.5. The van der Waals surface area contributed by atoms with Gasteiger partial charge in [-0.3, -0.25) is 19.5 Å². The van der Waals surface area contributed by atoms with Crippen molar-refractivity contribution in [3.8, 4) is 5.75 Å². The van der Waals surface area contributed by atoms with Crippen LogP contribution in [-0.4, -0.2) is 76.4 Å². The van der Waals surface area contributed by atoms with Crippen molar-refractivity contribution in [3.05, 3.63) is 78.1 Å². The van der Waals surface area contributed by atoms with Crippen LogP contribution >= 0.6 is 0 Å². The smallest absolute Gasteiger partial charge is 0.305 e.